The number of hydrogen-bond donors (Lipinski definition) is 2. The van der Waals surface area contributed by atoms with Crippen LogP contribution in [0.3, 0.4) is 0 Å². The maximum atomic E-state index is 12.7. The van der Waals surface area contributed by atoms with Gasteiger partial charge in [0.15, 0.2) is 0 Å². The molecule has 0 aliphatic heterocycles. The standard InChI is InChI=1S/C15H22F3N3O/c1-9-7-19-21(8-9)14-12(6-13(14)22)20-11-4-2-10(3-5-11)15(16,17)18/h7-8,10-14,20,22H,2-6H2,1H3/t10?,11?,12-,13+,14+/m0/s1. The number of aliphatic hydroxyl groups is 1. The minimum atomic E-state index is -4.06. The topological polar surface area (TPSA) is 50.1 Å². The molecule has 7 heteroatoms. The first-order valence-electron chi connectivity index (χ1n) is 7.86. The largest absolute Gasteiger partial charge is 0.391 e. The Morgan fingerprint density at radius 3 is 2.45 bits per heavy atom. The van der Waals surface area contributed by atoms with Crippen molar-refractivity contribution in [3.63, 3.8) is 0 Å². The molecule has 2 saturated carbocycles. The fourth-order valence-corrected chi connectivity index (χ4v) is 3.62. The minimum Gasteiger partial charge on any atom is -0.391 e. The van der Waals surface area contributed by atoms with Gasteiger partial charge >= 0.3 is 6.18 Å². The molecule has 124 valence electrons. The second kappa shape index (κ2) is 5.85. The van der Waals surface area contributed by atoms with Crippen LogP contribution in [0.5, 0.6) is 0 Å². The van der Waals surface area contributed by atoms with Crippen molar-refractivity contribution < 1.29 is 18.3 Å². The summed E-state index contributed by atoms with van der Waals surface area (Å²) in [5, 5.41) is 17.6. The summed E-state index contributed by atoms with van der Waals surface area (Å²) in [5.74, 6) is -1.15. The zero-order valence-corrected chi connectivity index (χ0v) is 12.6. The number of nitrogens with one attached hydrogen (secondary N) is 1. The average Bonchev–Trinajstić information content (AvgIpc) is 2.83. The molecule has 1 aromatic heterocycles. The van der Waals surface area contributed by atoms with Crippen LogP contribution in [-0.4, -0.2) is 39.3 Å². The number of nitrogens with zero attached hydrogens (tertiary/aromatic N) is 2. The van der Waals surface area contributed by atoms with Gasteiger partial charge in [-0.2, -0.15) is 18.3 Å². The van der Waals surface area contributed by atoms with Crippen molar-refractivity contribution in [1.82, 2.24) is 15.1 Å². The van der Waals surface area contributed by atoms with Gasteiger partial charge in [0.2, 0.25) is 0 Å². The SMILES string of the molecule is Cc1cnn([C@H]2[C@H](O)C[C@@H]2NC2CCC(C(F)(F)F)CC2)c1. The van der Waals surface area contributed by atoms with Gasteiger partial charge < -0.3 is 10.4 Å². The molecule has 0 bridgehead atoms. The first-order chi connectivity index (χ1) is 10.3. The van der Waals surface area contributed by atoms with Crippen LogP contribution in [0.15, 0.2) is 12.4 Å². The van der Waals surface area contributed by atoms with E-state index < -0.39 is 18.2 Å². The third kappa shape index (κ3) is 3.15. The van der Waals surface area contributed by atoms with Crippen molar-refractivity contribution in [3.8, 4) is 0 Å². The van der Waals surface area contributed by atoms with Gasteiger partial charge in [-0.25, -0.2) is 0 Å². The highest BCUT2D eigenvalue weighted by Gasteiger charge is 2.45. The summed E-state index contributed by atoms with van der Waals surface area (Å²) in [4.78, 5) is 0. The van der Waals surface area contributed by atoms with Gasteiger partial charge in [0.1, 0.15) is 0 Å². The van der Waals surface area contributed by atoms with E-state index in [0.717, 1.165) is 5.56 Å². The van der Waals surface area contributed by atoms with E-state index in [1.165, 1.54) is 0 Å². The number of hydrogen-bond acceptors (Lipinski definition) is 3. The molecular formula is C15H22F3N3O. The maximum absolute atomic E-state index is 12.7. The summed E-state index contributed by atoms with van der Waals surface area (Å²) < 4.78 is 39.8. The number of halogens is 3. The average molecular weight is 317 g/mol. The lowest BCUT2D eigenvalue weighted by molar-refractivity contribution is -0.183. The van der Waals surface area contributed by atoms with E-state index in [4.69, 9.17) is 0 Å². The lowest BCUT2D eigenvalue weighted by Gasteiger charge is -2.45. The Hall–Kier alpha value is -1.08. The molecular weight excluding hydrogens is 295 g/mol. The maximum Gasteiger partial charge on any atom is 0.391 e. The Morgan fingerprint density at radius 1 is 1.27 bits per heavy atom. The van der Waals surface area contributed by atoms with E-state index in [0.29, 0.717) is 19.3 Å². The molecule has 3 atom stereocenters. The molecule has 22 heavy (non-hydrogen) atoms. The first-order valence-corrected chi connectivity index (χ1v) is 7.86. The monoisotopic (exact) mass is 317 g/mol. The van der Waals surface area contributed by atoms with Gasteiger partial charge in [-0.1, -0.05) is 0 Å². The highest BCUT2D eigenvalue weighted by Crippen LogP contribution is 2.39. The van der Waals surface area contributed by atoms with Crippen molar-refractivity contribution in [2.45, 2.75) is 69.4 Å². The van der Waals surface area contributed by atoms with Gasteiger partial charge in [0.25, 0.3) is 0 Å². The quantitative estimate of drug-likeness (QED) is 0.901. The zero-order chi connectivity index (χ0) is 15.9. The van der Waals surface area contributed by atoms with Crippen LogP contribution in [-0.2, 0) is 0 Å². The number of aliphatic hydroxyl groups excluding tert-OH is 1. The predicted molar refractivity (Wildman–Crippen MR) is 75.3 cm³/mol. The summed E-state index contributed by atoms with van der Waals surface area (Å²) in [5.41, 5.74) is 1.03. The summed E-state index contributed by atoms with van der Waals surface area (Å²) in [6, 6.07) is 0.0750. The van der Waals surface area contributed by atoms with Gasteiger partial charge in [-0.3, -0.25) is 4.68 Å². The molecule has 0 radical (unpaired) electrons. The van der Waals surface area contributed by atoms with Crippen LogP contribution in [0.2, 0.25) is 0 Å². The van der Waals surface area contributed by atoms with Crippen LogP contribution in [0, 0.1) is 12.8 Å². The van der Waals surface area contributed by atoms with Gasteiger partial charge in [-0.05, 0) is 44.6 Å². The minimum absolute atomic E-state index is 0.0849. The molecule has 1 aromatic rings. The zero-order valence-electron chi connectivity index (χ0n) is 12.6. The van der Waals surface area contributed by atoms with Crippen molar-refractivity contribution in [1.29, 1.82) is 0 Å². The summed E-state index contributed by atoms with van der Waals surface area (Å²) in [6.45, 7) is 1.94. The van der Waals surface area contributed by atoms with E-state index in [1.54, 1.807) is 10.9 Å². The van der Waals surface area contributed by atoms with Crippen molar-refractivity contribution in [2.24, 2.45) is 5.92 Å². The molecule has 0 unspecified atom stereocenters. The van der Waals surface area contributed by atoms with Crippen molar-refractivity contribution >= 4 is 0 Å². The molecule has 0 amide bonds. The lowest BCUT2D eigenvalue weighted by atomic mass is 9.80. The van der Waals surface area contributed by atoms with Crippen LogP contribution >= 0.6 is 0 Å². The van der Waals surface area contributed by atoms with Gasteiger partial charge in [0, 0.05) is 18.3 Å². The molecule has 2 aliphatic rings. The van der Waals surface area contributed by atoms with Crippen molar-refractivity contribution in [3.05, 3.63) is 18.0 Å². The van der Waals surface area contributed by atoms with Crippen molar-refractivity contribution in [2.75, 3.05) is 0 Å². The van der Waals surface area contributed by atoms with E-state index in [-0.39, 0.29) is 31.0 Å². The molecule has 3 rings (SSSR count). The summed E-state index contributed by atoms with van der Waals surface area (Å²) >= 11 is 0. The van der Waals surface area contributed by atoms with Gasteiger partial charge in [0.05, 0.1) is 24.3 Å². The second-order valence-corrected chi connectivity index (χ2v) is 6.65. The Kier molecular flexibility index (Phi) is 4.20. The Labute approximate surface area is 127 Å². The molecule has 2 aliphatic carbocycles. The van der Waals surface area contributed by atoms with Crippen LogP contribution in [0.1, 0.15) is 43.7 Å². The van der Waals surface area contributed by atoms with Crippen LogP contribution in [0.25, 0.3) is 0 Å². The Morgan fingerprint density at radius 2 is 1.95 bits per heavy atom. The smallest absolute Gasteiger partial charge is 0.391 e. The molecule has 4 nitrogen and oxygen atoms in total. The number of aryl methyl sites for hydroxylation is 1. The molecule has 0 spiro atoms. The third-order valence-corrected chi connectivity index (χ3v) is 4.98. The Balaban J connectivity index is 1.54. The van der Waals surface area contributed by atoms with E-state index >= 15 is 0 Å². The fraction of sp³-hybridized carbons (Fsp3) is 0.800. The van der Waals surface area contributed by atoms with E-state index in [2.05, 4.69) is 10.4 Å². The van der Waals surface area contributed by atoms with Gasteiger partial charge in [-0.15, -0.1) is 0 Å². The summed E-state index contributed by atoms with van der Waals surface area (Å²) in [6.07, 6.45) is 1.24. The van der Waals surface area contributed by atoms with Crippen LogP contribution in [0.4, 0.5) is 13.2 Å². The third-order valence-electron chi connectivity index (χ3n) is 4.98. The molecule has 0 saturated heterocycles. The second-order valence-electron chi connectivity index (χ2n) is 6.65. The fourth-order valence-electron chi connectivity index (χ4n) is 3.62. The molecule has 2 N–H and O–H groups in total. The highest BCUT2D eigenvalue weighted by molar-refractivity contribution is 5.06. The molecule has 1 heterocycles. The normalized spacial score (nSPS) is 36.1. The molecule has 0 aromatic carbocycles. The first kappa shape index (κ1) is 15.8. The number of aromatic nitrogens is 2. The van der Waals surface area contributed by atoms with Crippen LogP contribution < -0.4 is 5.32 Å². The number of alkyl halides is 3. The van der Waals surface area contributed by atoms with E-state index in [9.17, 15) is 18.3 Å². The lowest BCUT2D eigenvalue weighted by Crippen LogP contribution is -2.57. The molecule has 2 fully saturated rings. The van der Waals surface area contributed by atoms with E-state index in [1.807, 2.05) is 13.1 Å². The Bertz CT molecular complexity index is 508. The highest BCUT2D eigenvalue weighted by atomic mass is 19.4. The number of rotatable bonds is 3. The predicted octanol–water partition coefficient (Wildman–Crippen LogP) is 2.58. The summed E-state index contributed by atoms with van der Waals surface area (Å²) in [7, 11) is 0.